The Hall–Kier alpha value is -0.603. The maximum atomic E-state index is 2.44. The van der Waals surface area contributed by atoms with Gasteiger partial charge in [-0.3, -0.25) is 0 Å². The summed E-state index contributed by atoms with van der Waals surface area (Å²) in [6.45, 7) is 7.33. The van der Waals surface area contributed by atoms with Gasteiger partial charge in [0.2, 0.25) is 0 Å². The van der Waals surface area contributed by atoms with Gasteiger partial charge < -0.3 is 4.90 Å². The second kappa shape index (κ2) is 4.46. The zero-order valence-corrected chi connectivity index (χ0v) is 13.5. The Balaban J connectivity index is 2.06. The van der Waals surface area contributed by atoms with Crippen molar-refractivity contribution in [3.8, 4) is 0 Å². The Labute approximate surface area is 119 Å². The van der Waals surface area contributed by atoms with Gasteiger partial charge in [0.25, 0.3) is 0 Å². The predicted molar refractivity (Wildman–Crippen MR) is 83.6 cm³/mol. The minimum Gasteiger partial charge on any atom is -0.302 e. The van der Waals surface area contributed by atoms with Crippen molar-refractivity contribution >= 4 is 8.07 Å². The molecule has 3 rings (SSSR count). The Morgan fingerprint density at radius 1 is 1.00 bits per heavy atom. The van der Waals surface area contributed by atoms with Gasteiger partial charge in [-0.05, 0) is 43.6 Å². The summed E-state index contributed by atoms with van der Waals surface area (Å²) in [7, 11) is 3.09. The number of fused-ring (bicyclic) bond motifs is 3. The lowest BCUT2D eigenvalue weighted by atomic mass is 9.93. The molecule has 0 saturated heterocycles. The normalized spacial score (nSPS) is 25.1. The minimum absolute atomic E-state index is 0.433. The van der Waals surface area contributed by atoms with E-state index in [1.54, 1.807) is 11.5 Å². The van der Waals surface area contributed by atoms with E-state index < -0.39 is 8.07 Å². The number of nitrogens with zero attached hydrogens (tertiary/aromatic N) is 1. The first-order valence-corrected chi connectivity index (χ1v) is 10.5. The molecule has 2 aliphatic carbocycles. The van der Waals surface area contributed by atoms with Crippen LogP contribution in [-0.2, 0) is 0 Å². The van der Waals surface area contributed by atoms with E-state index >= 15 is 0 Å². The topological polar surface area (TPSA) is 3.24 Å². The van der Waals surface area contributed by atoms with Crippen LogP contribution in [0.2, 0.25) is 19.6 Å². The van der Waals surface area contributed by atoms with Gasteiger partial charge in [0.15, 0.2) is 0 Å². The van der Waals surface area contributed by atoms with Gasteiger partial charge in [-0.2, -0.15) is 0 Å². The van der Waals surface area contributed by atoms with E-state index in [1.807, 2.05) is 0 Å². The molecule has 0 bridgehead atoms. The summed E-state index contributed by atoms with van der Waals surface area (Å²) in [5, 5.41) is 0. The van der Waals surface area contributed by atoms with Crippen molar-refractivity contribution in [1.29, 1.82) is 0 Å². The number of hydrogen-bond acceptors (Lipinski definition) is 1. The quantitative estimate of drug-likeness (QED) is 0.740. The van der Waals surface area contributed by atoms with Crippen LogP contribution in [0.3, 0.4) is 0 Å². The standard InChI is InChI=1S/C17H22NSi/c1-18(2)17-14-9-7-6-8-12(14)13-10-11-15(16(13)17)19(3,4)5/h6-11,17H,1-5H3/t17-/m1/s1. The van der Waals surface area contributed by atoms with Gasteiger partial charge in [0, 0.05) is 17.9 Å². The molecule has 1 aromatic rings. The first kappa shape index (κ1) is 13.4. The second-order valence-corrected chi connectivity index (χ2v) is 11.8. The number of hydrogen-bond donors (Lipinski definition) is 0. The second-order valence-electron chi connectivity index (χ2n) is 6.78. The van der Waals surface area contributed by atoms with Gasteiger partial charge >= 0.3 is 0 Å². The van der Waals surface area contributed by atoms with E-state index in [0.29, 0.717) is 6.04 Å². The van der Waals surface area contributed by atoms with Crippen LogP contribution in [0.1, 0.15) is 17.2 Å². The first-order valence-electron chi connectivity index (χ1n) is 6.97. The zero-order valence-electron chi connectivity index (χ0n) is 12.5. The Bertz CT molecular complexity index is 474. The van der Waals surface area contributed by atoms with Crippen molar-refractivity contribution in [2.24, 2.45) is 0 Å². The maximum absolute atomic E-state index is 2.44. The van der Waals surface area contributed by atoms with Crippen molar-refractivity contribution in [2.75, 3.05) is 14.1 Å². The van der Waals surface area contributed by atoms with Crippen LogP contribution in [0.15, 0.2) is 24.3 Å². The van der Waals surface area contributed by atoms with E-state index in [-0.39, 0.29) is 0 Å². The molecule has 1 fully saturated rings. The molecule has 1 saturated carbocycles. The van der Waals surface area contributed by atoms with Gasteiger partial charge in [0.1, 0.15) is 0 Å². The van der Waals surface area contributed by atoms with Gasteiger partial charge in [-0.1, -0.05) is 43.9 Å². The third kappa shape index (κ3) is 2.00. The van der Waals surface area contributed by atoms with Crippen molar-refractivity contribution in [2.45, 2.75) is 25.7 Å². The first-order chi connectivity index (χ1) is 8.91. The lowest BCUT2D eigenvalue weighted by Crippen LogP contribution is -2.37. The van der Waals surface area contributed by atoms with E-state index in [0.717, 1.165) is 0 Å². The molecule has 0 amide bonds. The van der Waals surface area contributed by atoms with E-state index in [2.05, 4.69) is 75.7 Å². The van der Waals surface area contributed by atoms with Crippen molar-refractivity contribution < 1.29 is 0 Å². The van der Waals surface area contributed by atoms with E-state index in [1.165, 1.54) is 17.0 Å². The Kier molecular flexibility index (Phi) is 3.14. The highest BCUT2D eigenvalue weighted by molar-refractivity contribution is 6.83. The third-order valence-electron chi connectivity index (χ3n) is 4.14. The summed E-state index contributed by atoms with van der Waals surface area (Å²) in [6.07, 6.45) is 4.72. The molecule has 2 aliphatic rings. The highest BCUT2D eigenvalue weighted by Gasteiger charge is 2.53. The summed E-state index contributed by atoms with van der Waals surface area (Å²) in [6, 6.07) is 9.31. The number of rotatable bonds is 2. The summed E-state index contributed by atoms with van der Waals surface area (Å²) < 4.78 is 0. The lowest BCUT2D eigenvalue weighted by Gasteiger charge is -2.35. The molecule has 5 radical (unpaired) electrons. The Morgan fingerprint density at radius 2 is 1.68 bits per heavy atom. The summed E-state index contributed by atoms with van der Waals surface area (Å²) in [5.74, 6) is 3.04. The molecule has 19 heavy (non-hydrogen) atoms. The van der Waals surface area contributed by atoms with Crippen LogP contribution in [0.5, 0.6) is 0 Å². The molecule has 1 nitrogen and oxygen atoms in total. The summed E-state index contributed by atoms with van der Waals surface area (Å²) in [5.41, 5.74) is 4.52. The van der Waals surface area contributed by atoms with Crippen molar-refractivity contribution in [3.05, 3.63) is 65.6 Å². The van der Waals surface area contributed by atoms with Crippen molar-refractivity contribution in [1.82, 2.24) is 4.90 Å². The average molecular weight is 268 g/mol. The fourth-order valence-electron chi connectivity index (χ4n) is 3.35. The van der Waals surface area contributed by atoms with Crippen LogP contribution < -0.4 is 0 Å². The van der Waals surface area contributed by atoms with Crippen LogP contribution >= 0.6 is 0 Å². The molecule has 0 aliphatic heterocycles. The van der Waals surface area contributed by atoms with Crippen LogP contribution in [0.4, 0.5) is 0 Å². The smallest absolute Gasteiger partial charge is 0.0522 e. The zero-order chi connectivity index (χ0) is 13.8. The fraction of sp³-hybridized carbons (Fsp3) is 0.353. The van der Waals surface area contributed by atoms with Gasteiger partial charge in [0.05, 0.1) is 8.07 Å². The highest BCUT2D eigenvalue weighted by atomic mass is 28.3. The molecule has 0 aromatic heterocycles. The summed E-state index contributed by atoms with van der Waals surface area (Å²) >= 11 is 0. The van der Waals surface area contributed by atoms with E-state index in [9.17, 15) is 0 Å². The molecule has 0 unspecified atom stereocenters. The van der Waals surface area contributed by atoms with E-state index in [4.69, 9.17) is 0 Å². The lowest BCUT2D eigenvalue weighted by molar-refractivity contribution is 0.325. The average Bonchev–Trinajstić information content (AvgIpc) is 2.84. The number of benzene rings is 1. The predicted octanol–water partition coefficient (Wildman–Crippen LogP) is 3.67. The molecule has 0 heterocycles. The largest absolute Gasteiger partial charge is 0.302 e. The van der Waals surface area contributed by atoms with Crippen LogP contribution in [0, 0.1) is 30.2 Å². The molecule has 2 heteroatoms. The van der Waals surface area contributed by atoms with Gasteiger partial charge in [-0.25, -0.2) is 0 Å². The van der Waals surface area contributed by atoms with Crippen molar-refractivity contribution in [3.63, 3.8) is 0 Å². The van der Waals surface area contributed by atoms with Crippen LogP contribution in [-0.4, -0.2) is 27.1 Å². The molecule has 1 aromatic carbocycles. The Morgan fingerprint density at radius 3 is 2.32 bits per heavy atom. The monoisotopic (exact) mass is 268 g/mol. The highest BCUT2D eigenvalue weighted by Crippen LogP contribution is 2.60. The maximum Gasteiger partial charge on any atom is 0.0522 e. The molecule has 0 N–H and O–H groups in total. The molecule has 1 atom stereocenters. The third-order valence-corrected chi connectivity index (χ3v) is 6.19. The fourth-order valence-corrected chi connectivity index (χ4v) is 5.01. The molecular weight excluding hydrogens is 246 g/mol. The SMILES string of the molecule is CN(C)[C@H]1[C]2[C]([CH][CH][C]2[Si](C)(C)C)c2ccccc21. The minimum atomic E-state index is -1.29. The molecular formula is C17H22NSi. The molecule has 99 valence electrons. The van der Waals surface area contributed by atoms with Crippen LogP contribution in [0.25, 0.3) is 0 Å². The molecule has 0 spiro atoms. The summed E-state index contributed by atoms with van der Waals surface area (Å²) in [4.78, 5) is 2.36. The van der Waals surface area contributed by atoms with Gasteiger partial charge in [-0.15, -0.1) is 0 Å².